The predicted molar refractivity (Wildman–Crippen MR) is 94.0 cm³/mol. The van der Waals surface area contributed by atoms with Crippen LogP contribution in [0.15, 0.2) is 18.2 Å². The standard InChI is InChI=1S/C18H26N2O2.ClH/c1-11-3-4-12(9-15(11)22-2)7-8-20-18(21)16-13-5-6-14(10-13)17(16)19;/h3-4,9,13-14,16-17H,5-8,10,19H2,1-2H3,(H,20,21);1H. The Labute approximate surface area is 144 Å². The number of nitrogens with two attached hydrogens (primary N) is 1. The Kier molecular flexibility index (Phi) is 5.93. The molecule has 0 spiro atoms. The van der Waals surface area contributed by atoms with Gasteiger partial charge < -0.3 is 15.8 Å². The quantitative estimate of drug-likeness (QED) is 0.866. The van der Waals surface area contributed by atoms with Gasteiger partial charge in [0, 0.05) is 12.6 Å². The van der Waals surface area contributed by atoms with Crippen molar-refractivity contribution >= 4 is 18.3 Å². The van der Waals surface area contributed by atoms with Crippen LogP contribution < -0.4 is 15.8 Å². The molecule has 1 amide bonds. The molecule has 0 heterocycles. The van der Waals surface area contributed by atoms with Gasteiger partial charge in [-0.25, -0.2) is 0 Å². The second kappa shape index (κ2) is 7.54. The maximum Gasteiger partial charge on any atom is 0.224 e. The van der Waals surface area contributed by atoms with E-state index in [0.717, 1.165) is 24.2 Å². The fourth-order valence-electron chi connectivity index (χ4n) is 4.19. The molecular formula is C18H27ClN2O2. The Bertz CT molecular complexity index is 562. The van der Waals surface area contributed by atoms with Gasteiger partial charge >= 0.3 is 0 Å². The first-order valence-corrected chi connectivity index (χ1v) is 8.27. The van der Waals surface area contributed by atoms with E-state index in [4.69, 9.17) is 10.5 Å². The van der Waals surface area contributed by atoms with E-state index in [2.05, 4.69) is 17.4 Å². The lowest BCUT2D eigenvalue weighted by Crippen LogP contribution is -2.45. The fraction of sp³-hybridized carbons (Fsp3) is 0.611. The summed E-state index contributed by atoms with van der Waals surface area (Å²) in [4.78, 5) is 12.4. The maximum atomic E-state index is 12.4. The second-order valence-corrected chi connectivity index (χ2v) is 6.78. The van der Waals surface area contributed by atoms with E-state index in [1.165, 1.54) is 18.4 Å². The average Bonchev–Trinajstić information content (AvgIpc) is 3.09. The minimum atomic E-state index is 0. The molecule has 0 aliphatic heterocycles. The van der Waals surface area contributed by atoms with Crippen LogP contribution in [0.4, 0.5) is 0 Å². The highest BCUT2D eigenvalue weighted by Gasteiger charge is 2.48. The first-order chi connectivity index (χ1) is 10.6. The summed E-state index contributed by atoms with van der Waals surface area (Å²) in [7, 11) is 1.68. The molecule has 23 heavy (non-hydrogen) atoms. The summed E-state index contributed by atoms with van der Waals surface area (Å²) in [5, 5.41) is 3.08. The minimum absolute atomic E-state index is 0. The zero-order chi connectivity index (χ0) is 15.7. The average molecular weight is 339 g/mol. The van der Waals surface area contributed by atoms with Crippen molar-refractivity contribution in [3.63, 3.8) is 0 Å². The number of fused-ring (bicyclic) bond motifs is 2. The molecule has 0 radical (unpaired) electrons. The van der Waals surface area contributed by atoms with Crippen LogP contribution in [0.3, 0.4) is 0 Å². The van der Waals surface area contributed by atoms with E-state index < -0.39 is 0 Å². The third-order valence-electron chi connectivity index (χ3n) is 5.47. The molecule has 3 N–H and O–H groups in total. The number of aryl methyl sites for hydroxylation is 1. The molecule has 1 aromatic rings. The van der Waals surface area contributed by atoms with Gasteiger partial charge in [0.05, 0.1) is 13.0 Å². The summed E-state index contributed by atoms with van der Waals surface area (Å²) >= 11 is 0. The van der Waals surface area contributed by atoms with Crippen LogP contribution >= 0.6 is 12.4 Å². The summed E-state index contributed by atoms with van der Waals surface area (Å²) in [5.74, 6) is 2.17. The topological polar surface area (TPSA) is 64.3 Å². The largest absolute Gasteiger partial charge is 0.496 e. The third kappa shape index (κ3) is 3.64. The van der Waals surface area contributed by atoms with Crippen LogP contribution in [0.25, 0.3) is 0 Å². The van der Waals surface area contributed by atoms with Crippen LogP contribution in [0.5, 0.6) is 5.75 Å². The van der Waals surface area contributed by atoms with Crippen LogP contribution in [-0.4, -0.2) is 25.6 Å². The van der Waals surface area contributed by atoms with E-state index >= 15 is 0 Å². The SMILES string of the molecule is COc1cc(CCNC(=O)C2C3CCC(C3)C2N)ccc1C.Cl. The van der Waals surface area contributed by atoms with Crippen molar-refractivity contribution in [3.8, 4) is 5.75 Å². The zero-order valence-corrected chi connectivity index (χ0v) is 14.7. The third-order valence-corrected chi connectivity index (χ3v) is 5.47. The van der Waals surface area contributed by atoms with Gasteiger partial charge in [-0.15, -0.1) is 12.4 Å². The monoisotopic (exact) mass is 338 g/mol. The number of hydrogen-bond donors (Lipinski definition) is 2. The summed E-state index contributed by atoms with van der Waals surface area (Å²) in [5.41, 5.74) is 8.53. The lowest BCUT2D eigenvalue weighted by Gasteiger charge is -2.27. The number of hydrogen-bond acceptors (Lipinski definition) is 3. The number of carbonyl (C=O) groups is 1. The summed E-state index contributed by atoms with van der Waals surface area (Å²) < 4.78 is 5.34. The first kappa shape index (κ1) is 18.1. The molecule has 4 atom stereocenters. The van der Waals surface area contributed by atoms with E-state index in [1.807, 2.05) is 13.0 Å². The number of rotatable bonds is 5. The Morgan fingerprint density at radius 1 is 1.35 bits per heavy atom. The van der Waals surface area contributed by atoms with E-state index in [9.17, 15) is 4.79 Å². The lowest BCUT2D eigenvalue weighted by molar-refractivity contribution is -0.127. The van der Waals surface area contributed by atoms with Crippen molar-refractivity contribution in [3.05, 3.63) is 29.3 Å². The number of ether oxygens (including phenoxy) is 1. The highest BCUT2D eigenvalue weighted by molar-refractivity contribution is 5.85. The van der Waals surface area contributed by atoms with Crippen molar-refractivity contribution in [2.75, 3.05) is 13.7 Å². The van der Waals surface area contributed by atoms with Crippen LogP contribution in [-0.2, 0) is 11.2 Å². The molecule has 2 bridgehead atoms. The van der Waals surface area contributed by atoms with Crippen molar-refractivity contribution in [2.45, 2.75) is 38.6 Å². The molecule has 4 nitrogen and oxygen atoms in total. The second-order valence-electron chi connectivity index (χ2n) is 6.78. The van der Waals surface area contributed by atoms with Crippen LogP contribution in [0, 0.1) is 24.7 Å². The Morgan fingerprint density at radius 2 is 2.09 bits per heavy atom. The van der Waals surface area contributed by atoms with Gasteiger partial charge in [0.1, 0.15) is 5.75 Å². The number of methoxy groups -OCH3 is 1. The van der Waals surface area contributed by atoms with Crippen LogP contribution in [0.1, 0.15) is 30.4 Å². The highest BCUT2D eigenvalue weighted by Crippen LogP contribution is 2.47. The van der Waals surface area contributed by atoms with Gasteiger partial charge in [-0.2, -0.15) is 0 Å². The highest BCUT2D eigenvalue weighted by atomic mass is 35.5. The molecule has 3 rings (SSSR count). The molecule has 2 saturated carbocycles. The zero-order valence-electron chi connectivity index (χ0n) is 13.9. The van der Waals surface area contributed by atoms with Crippen molar-refractivity contribution in [1.82, 2.24) is 5.32 Å². The van der Waals surface area contributed by atoms with Crippen LogP contribution in [0.2, 0.25) is 0 Å². The molecule has 4 unspecified atom stereocenters. The molecule has 5 heteroatoms. The van der Waals surface area contributed by atoms with E-state index in [-0.39, 0.29) is 30.3 Å². The molecule has 2 aliphatic rings. The number of amides is 1. The van der Waals surface area contributed by atoms with Crippen molar-refractivity contribution in [2.24, 2.45) is 23.5 Å². The summed E-state index contributed by atoms with van der Waals surface area (Å²) in [6, 6.07) is 6.26. The smallest absolute Gasteiger partial charge is 0.224 e. The molecule has 0 saturated heterocycles. The molecule has 2 fully saturated rings. The summed E-state index contributed by atoms with van der Waals surface area (Å²) in [6.07, 6.45) is 4.34. The van der Waals surface area contributed by atoms with E-state index in [0.29, 0.717) is 18.4 Å². The maximum absolute atomic E-state index is 12.4. The Balaban J connectivity index is 0.00000192. The normalized spacial score (nSPS) is 28.3. The van der Waals surface area contributed by atoms with Gasteiger partial charge in [0.25, 0.3) is 0 Å². The fourth-order valence-corrected chi connectivity index (χ4v) is 4.19. The molecule has 0 aromatic heterocycles. The first-order valence-electron chi connectivity index (χ1n) is 8.27. The number of benzene rings is 1. The van der Waals surface area contributed by atoms with Gasteiger partial charge in [0.15, 0.2) is 0 Å². The predicted octanol–water partition coefficient (Wildman–Crippen LogP) is 2.46. The number of nitrogens with one attached hydrogen (secondary N) is 1. The summed E-state index contributed by atoms with van der Waals surface area (Å²) in [6.45, 7) is 2.69. The Hall–Kier alpha value is -1.26. The van der Waals surface area contributed by atoms with Crippen molar-refractivity contribution < 1.29 is 9.53 Å². The van der Waals surface area contributed by atoms with Gasteiger partial charge in [-0.3, -0.25) is 4.79 Å². The van der Waals surface area contributed by atoms with Crippen molar-refractivity contribution in [1.29, 1.82) is 0 Å². The molecular weight excluding hydrogens is 312 g/mol. The Morgan fingerprint density at radius 3 is 2.74 bits per heavy atom. The number of halogens is 1. The minimum Gasteiger partial charge on any atom is -0.496 e. The molecule has 1 aromatic carbocycles. The van der Waals surface area contributed by atoms with E-state index in [1.54, 1.807) is 7.11 Å². The molecule has 128 valence electrons. The molecule has 2 aliphatic carbocycles. The lowest BCUT2D eigenvalue weighted by atomic mass is 9.84. The van der Waals surface area contributed by atoms with Gasteiger partial charge in [-0.05, 0) is 61.6 Å². The number of carbonyl (C=O) groups excluding carboxylic acids is 1. The van der Waals surface area contributed by atoms with Gasteiger partial charge in [0.2, 0.25) is 5.91 Å². The van der Waals surface area contributed by atoms with Gasteiger partial charge in [-0.1, -0.05) is 12.1 Å².